The summed E-state index contributed by atoms with van der Waals surface area (Å²) in [7, 11) is -1.34. The lowest BCUT2D eigenvalue weighted by atomic mass is 10.1. The fraction of sp³-hybridized carbons (Fsp3) is 0.357. The highest BCUT2D eigenvalue weighted by molar-refractivity contribution is 7.91. The molecule has 21 heavy (non-hydrogen) atoms. The Morgan fingerprint density at radius 2 is 2.05 bits per heavy atom. The van der Waals surface area contributed by atoms with Crippen LogP contribution in [0.4, 0.5) is 5.82 Å². The van der Waals surface area contributed by atoms with Crippen molar-refractivity contribution in [2.24, 2.45) is 0 Å². The molecule has 2 N–H and O–H groups in total. The van der Waals surface area contributed by atoms with E-state index in [-0.39, 0.29) is 17.5 Å². The minimum atomic E-state index is -2.96. The number of sulfone groups is 1. The van der Waals surface area contributed by atoms with E-state index in [4.69, 9.17) is 10.5 Å². The van der Waals surface area contributed by atoms with Crippen LogP contribution in [-0.2, 0) is 9.84 Å². The quantitative estimate of drug-likeness (QED) is 0.928. The van der Waals surface area contributed by atoms with Crippen LogP contribution in [0.3, 0.4) is 0 Å². The lowest BCUT2D eigenvalue weighted by Gasteiger charge is -2.10. The van der Waals surface area contributed by atoms with Gasteiger partial charge in [-0.2, -0.15) is 5.10 Å². The van der Waals surface area contributed by atoms with Crippen molar-refractivity contribution in [1.82, 2.24) is 9.78 Å². The number of nitrogen functional groups attached to an aromatic ring is 1. The molecule has 1 aliphatic heterocycles. The van der Waals surface area contributed by atoms with Gasteiger partial charge in [0.15, 0.2) is 9.84 Å². The van der Waals surface area contributed by atoms with E-state index in [2.05, 4.69) is 5.10 Å². The van der Waals surface area contributed by atoms with Gasteiger partial charge in [0.1, 0.15) is 11.6 Å². The molecule has 2 heterocycles. The molecular weight excluding hydrogens is 290 g/mol. The van der Waals surface area contributed by atoms with Crippen molar-refractivity contribution >= 4 is 15.7 Å². The lowest BCUT2D eigenvalue weighted by Crippen LogP contribution is -2.14. The zero-order valence-electron chi connectivity index (χ0n) is 11.7. The smallest absolute Gasteiger partial charge is 0.152 e. The molecule has 1 aromatic heterocycles. The maximum absolute atomic E-state index is 11.6. The number of hydrogen-bond acceptors (Lipinski definition) is 5. The van der Waals surface area contributed by atoms with Gasteiger partial charge < -0.3 is 10.5 Å². The topological polar surface area (TPSA) is 87.2 Å². The summed E-state index contributed by atoms with van der Waals surface area (Å²) in [6.07, 6.45) is 0.566. The molecule has 0 bridgehead atoms. The van der Waals surface area contributed by atoms with E-state index in [1.54, 1.807) is 17.9 Å². The molecule has 1 fully saturated rings. The van der Waals surface area contributed by atoms with Gasteiger partial charge in [0, 0.05) is 11.6 Å². The number of nitrogens with two attached hydrogens (primary N) is 1. The van der Waals surface area contributed by atoms with Gasteiger partial charge in [0.05, 0.1) is 30.4 Å². The average molecular weight is 307 g/mol. The Hall–Kier alpha value is -2.02. The Morgan fingerprint density at radius 3 is 2.62 bits per heavy atom. The number of ether oxygens (including phenoxy) is 1. The highest BCUT2D eigenvalue weighted by atomic mass is 32.2. The standard InChI is InChI=1S/C14H17N3O3S/c1-20-12-4-2-10(3-5-12)13-8-14(15)17(16-13)11-6-7-21(18,19)9-11/h2-5,8,11H,6-7,9,15H2,1H3/t11-/m1/s1. The molecule has 7 heteroatoms. The number of benzene rings is 1. The third-order valence-electron chi connectivity index (χ3n) is 3.70. The van der Waals surface area contributed by atoms with Crippen LogP contribution >= 0.6 is 0 Å². The molecule has 0 spiro atoms. The highest BCUT2D eigenvalue weighted by Crippen LogP contribution is 2.29. The normalized spacial score (nSPS) is 20.5. The Balaban J connectivity index is 1.90. The lowest BCUT2D eigenvalue weighted by molar-refractivity contribution is 0.415. The van der Waals surface area contributed by atoms with E-state index in [0.717, 1.165) is 17.0 Å². The van der Waals surface area contributed by atoms with E-state index < -0.39 is 9.84 Å². The summed E-state index contributed by atoms with van der Waals surface area (Å²) in [6.45, 7) is 0. The van der Waals surface area contributed by atoms with E-state index in [9.17, 15) is 8.42 Å². The molecule has 1 aromatic carbocycles. The van der Waals surface area contributed by atoms with Gasteiger partial charge in [-0.1, -0.05) is 0 Å². The van der Waals surface area contributed by atoms with Gasteiger partial charge >= 0.3 is 0 Å². The molecular formula is C14H17N3O3S. The maximum atomic E-state index is 11.6. The zero-order chi connectivity index (χ0) is 15.0. The molecule has 1 aliphatic rings. The minimum Gasteiger partial charge on any atom is -0.497 e. The second-order valence-corrected chi connectivity index (χ2v) is 7.41. The number of aromatic nitrogens is 2. The first kappa shape index (κ1) is 13.9. The van der Waals surface area contributed by atoms with Crippen LogP contribution < -0.4 is 10.5 Å². The number of methoxy groups -OCH3 is 1. The molecule has 2 aromatic rings. The van der Waals surface area contributed by atoms with Crippen LogP contribution in [0.15, 0.2) is 30.3 Å². The monoisotopic (exact) mass is 307 g/mol. The van der Waals surface area contributed by atoms with Crippen molar-refractivity contribution in [1.29, 1.82) is 0 Å². The van der Waals surface area contributed by atoms with E-state index >= 15 is 0 Å². The number of anilines is 1. The SMILES string of the molecule is COc1ccc(-c2cc(N)n([C@@H]3CCS(=O)(=O)C3)n2)cc1. The van der Waals surface area contributed by atoms with E-state index in [0.29, 0.717) is 12.2 Å². The van der Waals surface area contributed by atoms with Gasteiger partial charge in [-0.05, 0) is 30.7 Å². The second-order valence-electron chi connectivity index (χ2n) is 5.18. The average Bonchev–Trinajstić information content (AvgIpc) is 3.01. The molecule has 6 nitrogen and oxygen atoms in total. The minimum absolute atomic E-state index is 0.112. The summed E-state index contributed by atoms with van der Waals surface area (Å²) >= 11 is 0. The molecule has 0 radical (unpaired) electrons. The Kier molecular flexibility index (Phi) is 3.36. The number of hydrogen-bond donors (Lipinski definition) is 1. The molecule has 0 amide bonds. The molecule has 0 aliphatic carbocycles. The summed E-state index contributed by atoms with van der Waals surface area (Å²) in [4.78, 5) is 0. The Bertz CT molecular complexity index is 750. The summed E-state index contributed by atoms with van der Waals surface area (Å²) in [5.41, 5.74) is 7.64. The van der Waals surface area contributed by atoms with Crippen molar-refractivity contribution in [3.05, 3.63) is 30.3 Å². The molecule has 1 saturated heterocycles. The fourth-order valence-corrected chi connectivity index (χ4v) is 4.26. The molecule has 3 rings (SSSR count). The zero-order valence-corrected chi connectivity index (χ0v) is 12.5. The summed E-state index contributed by atoms with van der Waals surface area (Å²) in [5.74, 6) is 1.58. The first-order valence-corrected chi connectivity index (χ1v) is 8.50. The molecule has 112 valence electrons. The Morgan fingerprint density at radius 1 is 1.33 bits per heavy atom. The largest absolute Gasteiger partial charge is 0.497 e. The van der Waals surface area contributed by atoms with E-state index in [1.807, 2.05) is 24.3 Å². The highest BCUT2D eigenvalue weighted by Gasteiger charge is 2.31. The number of nitrogens with zero attached hydrogens (tertiary/aromatic N) is 2. The van der Waals surface area contributed by atoms with Crippen LogP contribution in [0.1, 0.15) is 12.5 Å². The Labute approximate surface area is 123 Å². The second kappa shape index (κ2) is 5.07. The van der Waals surface area contributed by atoms with Crippen molar-refractivity contribution in [2.75, 3.05) is 24.3 Å². The summed E-state index contributed by atoms with van der Waals surface area (Å²) in [5, 5.41) is 4.47. The first-order valence-electron chi connectivity index (χ1n) is 6.68. The van der Waals surface area contributed by atoms with Gasteiger partial charge in [0.2, 0.25) is 0 Å². The van der Waals surface area contributed by atoms with Gasteiger partial charge in [-0.3, -0.25) is 0 Å². The predicted octanol–water partition coefficient (Wildman–Crippen LogP) is 1.50. The van der Waals surface area contributed by atoms with Gasteiger partial charge in [0.25, 0.3) is 0 Å². The fourth-order valence-electron chi connectivity index (χ4n) is 2.57. The first-order chi connectivity index (χ1) is 9.98. The van der Waals surface area contributed by atoms with Crippen molar-refractivity contribution in [3.8, 4) is 17.0 Å². The maximum Gasteiger partial charge on any atom is 0.152 e. The van der Waals surface area contributed by atoms with Crippen LogP contribution in [-0.4, -0.2) is 36.8 Å². The van der Waals surface area contributed by atoms with Crippen LogP contribution in [0.2, 0.25) is 0 Å². The molecule has 0 saturated carbocycles. The summed E-state index contributed by atoms with van der Waals surface area (Å²) in [6, 6.07) is 9.11. The third-order valence-corrected chi connectivity index (χ3v) is 5.46. The molecule has 0 unspecified atom stereocenters. The van der Waals surface area contributed by atoms with E-state index in [1.165, 1.54) is 0 Å². The van der Waals surface area contributed by atoms with Crippen molar-refractivity contribution in [2.45, 2.75) is 12.5 Å². The van der Waals surface area contributed by atoms with Gasteiger partial charge in [-0.25, -0.2) is 13.1 Å². The van der Waals surface area contributed by atoms with Crippen LogP contribution in [0.25, 0.3) is 11.3 Å². The van der Waals surface area contributed by atoms with Gasteiger partial charge in [-0.15, -0.1) is 0 Å². The van der Waals surface area contributed by atoms with Crippen LogP contribution in [0.5, 0.6) is 5.75 Å². The van der Waals surface area contributed by atoms with Crippen molar-refractivity contribution in [3.63, 3.8) is 0 Å². The molecule has 1 atom stereocenters. The van der Waals surface area contributed by atoms with Crippen molar-refractivity contribution < 1.29 is 13.2 Å². The third kappa shape index (κ3) is 2.73. The predicted molar refractivity (Wildman–Crippen MR) is 80.9 cm³/mol. The number of rotatable bonds is 3. The summed E-state index contributed by atoms with van der Waals surface area (Å²) < 4.78 is 29.9. The van der Waals surface area contributed by atoms with Crippen LogP contribution in [0, 0.1) is 0 Å².